The quantitative estimate of drug-likeness (QED) is 0.892. The van der Waals surface area contributed by atoms with Crippen LogP contribution in [0.1, 0.15) is 26.7 Å². The van der Waals surface area contributed by atoms with Gasteiger partial charge in [-0.2, -0.15) is 4.72 Å². The molecular weight excluding hydrogens is 336 g/mol. The van der Waals surface area contributed by atoms with Gasteiger partial charge in [0.25, 0.3) is 0 Å². The minimum atomic E-state index is -3.77. The van der Waals surface area contributed by atoms with Crippen molar-refractivity contribution in [3.63, 3.8) is 0 Å². The summed E-state index contributed by atoms with van der Waals surface area (Å²) in [6.45, 7) is 5.14. The largest absolute Gasteiger partial charge is 0.341 e. The van der Waals surface area contributed by atoms with E-state index in [4.69, 9.17) is 0 Å². The summed E-state index contributed by atoms with van der Waals surface area (Å²) in [5, 5.41) is 1.84. The maximum atomic E-state index is 12.8. The number of carbonyl (C=O) groups excluding carboxylic acids is 1. The zero-order valence-electron chi connectivity index (χ0n) is 14.6. The molecule has 5 nitrogen and oxygen atoms in total. The lowest BCUT2D eigenvalue weighted by Crippen LogP contribution is -2.50. The van der Waals surface area contributed by atoms with E-state index >= 15 is 0 Å². The van der Waals surface area contributed by atoms with Crippen molar-refractivity contribution in [3.05, 3.63) is 42.5 Å². The van der Waals surface area contributed by atoms with Gasteiger partial charge in [-0.15, -0.1) is 0 Å². The number of nitrogens with zero attached hydrogens (tertiary/aromatic N) is 1. The molecular formula is C19H24N2O3S. The molecule has 0 bridgehead atoms. The van der Waals surface area contributed by atoms with Gasteiger partial charge in [0.1, 0.15) is 6.04 Å². The molecule has 6 heteroatoms. The molecule has 1 heterocycles. The van der Waals surface area contributed by atoms with Gasteiger partial charge in [-0.25, -0.2) is 8.42 Å². The molecule has 1 N–H and O–H groups in total. The van der Waals surface area contributed by atoms with Crippen LogP contribution in [0.4, 0.5) is 0 Å². The first-order chi connectivity index (χ1) is 11.9. The van der Waals surface area contributed by atoms with Gasteiger partial charge in [0.15, 0.2) is 0 Å². The minimum Gasteiger partial charge on any atom is -0.341 e. The zero-order valence-corrected chi connectivity index (χ0v) is 15.4. The summed E-state index contributed by atoms with van der Waals surface area (Å²) in [4.78, 5) is 14.7. The molecule has 2 aromatic carbocycles. The van der Waals surface area contributed by atoms with Gasteiger partial charge >= 0.3 is 0 Å². The SMILES string of the molecule is CC(C)C(NS(=O)(=O)c1ccc2ccccc2c1)C(=O)N1CCCC1. The molecule has 1 unspecified atom stereocenters. The van der Waals surface area contributed by atoms with E-state index in [0.29, 0.717) is 13.1 Å². The van der Waals surface area contributed by atoms with Crippen molar-refractivity contribution in [3.8, 4) is 0 Å². The van der Waals surface area contributed by atoms with Crippen molar-refractivity contribution in [1.82, 2.24) is 9.62 Å². The highest BCUT2D eigenvalue weighted by Crippen LogP contribution is 2.21. The lowest BCUT2D eigenvalue weighted by atomic mass is 10.0. The van der Waals surface area contributed by atoms with Crippen molar-refractivity contribution in [2.24, 2.45) is 5.92 Å². The summed E-state index contributed by atoms with van der Waals surface area (Å²) in [6.07, 6.45) is 1.96. The Balaban J connectivity index is 1.87. The Morgan fingerprint density at radius 2 is 1.68 bits per heavy atom. The summed E-state index contributed by atoms with van der Waals surface area (Å²) >= 11 is 0. The van der Waals surface area contributed by atoms with Gasteiger partial charge in [-0.1, -0.05) is 44.2 Å². The summed E-state index contributed by atoms with van der Waals surface area (Å²) < 4.78 is 28.3. The van der Waals surface area contributed by atoms with Crippen LogP contribution in [0.25, 0.3) is 10.8 Å². The monoisotopic (exact) mass is 360 g/mol. The minimum absolute atomic E-state index is 0.122. The van der Waals surface area contributed by atoms with Gasteiger partial charge in [-0.05, 0) is 41.7 Å². The Morgan fingerprint density at radius 1 is 1.04 bits per heavy atom. The molecule has 0 spiro atoms. The number of likely N-dealkylation sites (tertiary alicyclic amines) is 1. The number of hydrogen-bond acceptors (Lipinski definition) is 3. The van der Waals surface area contributed by atoms with Crippen LogP contribution in [-0.2, 0) is 14.8 Å². The third-order valence-electron chi connectivity index (χ3n) is 4.66. The lowest BCUT2D eigenvalue weighted by Gasteiger charge is -2.26. The molecule has 1 fully saturated rings. The van der Waals surface area contributed by atoms with Crippen LogP contribution in [0, 0.1) is 5.92 Å². The molecule has 1 saturated heterocycles. The summed E-state index contributed by atoms with van der Waals surface area (Å²) in [6, 6.07) is 11.9. The third-order valence-corrected chi connectivity index (χ3v) is 6.10. The first-order valence-electron chi connectivity index (χ1n) is 8.68. The molecule has 1 amide bonds. The molecule has 0 aliphatic carbocycles. The van der Waals surface area contributed by atoms with Gasteiger partial charge in [-0.3, -0.25) is 4.79 Å². The second kappa shape index (κ2) is 7.14. The molecule has 0 aromatic heterocycles. The van der Waals surface area contributed by atoms with Crippen LogP contribution in [0.2, 0.25) is 0 Å². The van der Waals surface area contributed by atoms with Crippen molar-refractivity contribution in [1.29, 1.82) is 0 Å². The van der Waals surface area contributed by atoms with Gasteiger partial charge in [0, 0.05) is 13.1 Å². The molecule has 3 rings (SSSR count). The first kappa shape index (κ1) is 17.9. The molecule has 25 heavy (non-hydrogen) atoms. The standard InChI is InChI=1S/C19H24N2O3S/c1-14(2)18(19(22)21-11-5-6-12-21)20-25(23,24)17-10-9-15-7-3-4-8-16(15)13-17/h3-4,7-10,13-14,18,20H,5-6,11-12H2,1-2H3. The van der Waals surface area contributed by atoms with Crippen LogP contribution in [0.15, 0.2) is 47.4 Å². The topological polar surface area (TPSA) is 66.5 Å². The molecule has 0 saturated carbocycles. The number of hydrogen-bond donors (Lipinski definition) is 1. The summed E-state index contributed by atoms with van der Waals surface area (Å²) in [5.41, 5.74) is 0. The van der Waals surface area contributed by atoms with Gasteiger partial charge in [0.2, 0.25) is 15.9 Å². The predicted octanol–water partition coefficient (Wildman–Crippen LogP) is 2.77. The van der Waals surface area contributed by atoms with Crippen molar-refractivity contribution in [2.45, 2.75) is 37.6 Å². The van der Waals surface area contributed by atoms with Crippen molar-refractivity contribution < 1.29 is 13.2 Å². The number of rotatable bonds is 5. The Labute approximate surface area is 149 Å². The molecule has 134 valence electrons. The van der Waals surface area contributed by atoms with Crippen molar-refractivity contribution >= 4 is 26.7 Å². The Bertz CT molecular complexity index is 871. The second-order valence-corrected chi connectivity index (χ2v) is 8.60. The highest BCUT2D eigenvalue weighted by molar-refractivity contribution is 7.89. The summed E-state index contributed by atoms with van der Waals surface area (Å²) in [5.74, 6) is -0.250. The van der Waals surface area contributed by atoms with Crippen LogP contribution >= 0.6 is 0 Å². The van der Waals surface area contributed by atoms with Crippen LogP contribution in [0.5, 0.6) is 0 Å². The molecule has 0 radical (unpaired) electrons. The van der Waals surface area contributed by atoms with Crippen molar-refractivity contribution in [2.75, 3.05) is 13.1 Å². The Morgan fingerprint density at radius 3 is 2.32 bits per heavy atom. The normalized spacial score (nSPS) is 16.5. The van der Waals surface area contributed by atoms with E-state index in [9.17, 15) is 13.2 Å². The van der Waals surface area contributed by atoms with E-state index in [0.717, 1.165) is 23.6 Å². The van der Waals surface area contributed by atoms with E-state index in [2.05, 4.69) is 4.72 Å². The highest BCUT2D eigenvalue weighted by atomic mass is 32.2. The lowest BCUT2D eigenvalue weighted by molar-refractivity contribution is -0.132. The molecule has 1 aliphatic rings. The average molecular weight is 360 g/mol. The predicted molar refractivity (Wildman–Crippen MR) is 98.7 cm³/mol. The highest BCUT2D eigenvalue weighted by Gasteiger charge is 2.32. The fourth-order valence-electron chi connectivity index (χ4n) is 3.18. The first-order valence-corrected chi connectivity index (χ1v) is 10.2. The van der Waals surface area contributed by atoms with Gasteiger partial charge < -0.3 is 4.90 Å². The maximum absolute atomic E-state index is 12.8. The fourth-order valence-corrected chi connectivity index (χ4v) is 4.55. The maximum Gasteiger partial charge on any atom is 0.241 e. The number of carbonyl (C=O) groups is 1. The fraction of sp³-hybridized carbons (Fsp3) is 0.421. The Hall–Kier alpha value is -1.92. The van der Waals surface area contributed by atoms with E-state index < -0.39 is 16.1 Å². The van der Waals surface area contributed by atoms with E-state index in [1.165, 1.54) is 0 Å². The van der Waals surface area contributed by atoms with Crippen LogP contribution in [0.3, 0.4) is 0 Å². The van der Waals surface area contributed by atoms with E-state index in [-0.39, 0.29) is 16.7 Å². The number of amides is 1. The number of nitrogens with one attached hydrogen (secondary N) is 1. The van der Waals surface area contributed by atoms with Crippen LogP contribution < -0.4 is 4.72 Å². The second-order valence-electron chi connectivity index (χ2n) is 6.88. The summed E-state index contributed by atoms with van der Waals surface area (Å²) in [7, 11) is -3.77. The van der Waals surface area contributed by atoms with E-state index in [1.54, 1.807) is 23.1 Å². The van der Waals surface area contributed by atoms with E-state index in [1.807, 2.05) is 38.1 Å². The molecule has 1 atom stereocenters. The average Bonchev–Trinajstić information content (AvgIpc) is 3.13. The third kappa shape index (κ3) is 3.85. The molecule has 1 aliphatic heterocycles. The smallest absolute Gasteiger partial charge is 0.241 e. The number of fused-ring (bicyclic) bond motifs is 1. The molecule has 2 aromatic rings. The zero-order chi connectivity index (χ0) is 18.0. The number of sulfonamides is 1. The number of benzene rings is 2. The van der Waals surface area contributed by atoms with Gasteiger partial charge in [0.05, 0.1) is 4.90 Å². The Kier molecular flexibility index (Phi) is 5.11. The van der Waals surface area contributed by atoms with Crippen LogP contribution in [-0.4, -0.2) is 38.4 Å².